The number of carbonyl (C=O) groups excluding carboxylic acids is 1. The summed E-state index contributed by atoms with van der Waals surface area (Å²) in [5.74, 6) is -2.86. The minimum atomic E-state index is -2.65. The van der Waals surface area contributed by atoms with E-state index < -0.39 is 17.6 Å². The van der Waals surface area contributed by atoms with Crippen LogP contribution in [0, 0.1) is 0 Å². The van der Waals surface area contributed by atoms with E-state index in [2.05, 4.69) is 5.32 Å². The number of nitrogens with one attached hydrogen (secondary N) is 1. The van der Waals surface area contributed by atoms with Crippen LogP contribution in [-0.2, 0) is 0 Å². The van der Waals surface area contributed by atoms with Gasteiger partial charge in [-0.1, -0.05) is 36.4 Å². The number of benzene rings is 2. The van der Waals surface area contributed by atoms with Crippen molar-refractivity contribution < 1.29 is 23.1 Å². The molecule has 1 heterocycles. The van der Waals surface area contributed by atoms with Gasteiger partial charge in [0.1, 0.15) is 5.58 Å². The first kappa shape index (κ1) is 20.5. The molecule has 1 saturated carbocycles. The third-order valence-corrected chi connectivity index (χ3v) is 5.97. The molecule has 2 aromatic carbocycles. The number of rotatable bonds is 4. The van der Waals surface area contributed by atoms with E-state index in [1.165, 1.54) is 0 Å². The molecule has 158 valence electrons. The molecule has 0 radical (unpaired) electrons. The van der Waals surface area contributed by atoms with Gasteiger partial charge < -0.3 is 14.8 Å². The summed E-state index contributed by atoms with van der Waals surface area (Å²) in [7, 11) is 0. The lowest BCUT2D eigenvalue weighted by Crippen LogP contribution is -2.50. The maximum absolute atomic E-state index is 13.4. The third-order valence-electron chi connectivity index (χ3n) is 5.97. The number of carbonyl (C=O) groups is 1. The lowest BCUT2D eigenvalue weighted by Gasteiger charge is -2.37. The van der Waals surface area contributed by atoms with E-state index in [1.807, 2.05) is 42.5 Å². The maximum Gasteiger partial charge on any atom is 0.287 e. The lowest BCUT2D eigenvalue weighted by molar-refractivity contribution is -0.0523. The second-order valence-electron chi connectivity index (χ2n) is 8.53. The highest BCUT2D eigenvalue weighted by molar-refractivity contribution is 5.97. The van der Waals surface area contributed by atoms with Crippen LogP contribution in [0.2, 0.25) is 0 Å². The predicted molar refractivity (Wildman–Crippen MR) is 112 cm³/mol. The van der Waals surface area contributed by atoms with Crippen molar-refractivity contribution in [2.45, 2.75) is 57.1 Å². The van der Waals surface area contributed by atoms with E-state index in [0.717, 1.165) is 22.1 Å². The van der Waals surface area contributed by atoms with Crippen molar-refractivity contribution in [2.75, 3.05) is 0 Å². The van der Waals surface area contributed by atoms with Gasteiger partial charge in [-0.3, -0.25) is 4.79 Å². The molecule has 0 aliphatic heterocycles. The molecule has 1 fully saturated rings. The lowest BCUT2D eigenvalue weighted by atomic mass is 9.81. The second-order valence-corrected chi connectivity index (χ2v) is 8.53. The summed E-state index contributed by atoms with van der Waals surface area (Å²) in [6.45, 7) is 3.52. The van der Waals surface area contributed by atoms with E-state index in [9.17, 15) is 18.7 Å². The second kappa shape index (κ2) is 7.51. The smallest absolute Gasteiger partial charge is 0.287 e. The van der Waals surface area contributed by atoms with Crippen molar-refractivity contribution in [3.63, 3.8) is 0 Å². The predicted octanol–water partition coefficient (Wildman–Crippen LogP) is 5.85. The van der Waals surface area contributed by atoms with Crippen LogP contribution in [0.5, 0.6) is 0 Å². The Hall–Kier alpha value is -2.73. The van der Waals surface area contributed by atoms with Crippen LogP contribution in [0.1, 0.15) is 61.8 Å². The molecule has 1 aliphatic carbocycles. The van der Waals surface area contributed by atoms with E-state index in [1.54, 1.807) is 19.9 Å². The van der Waals surface area contributed by atoms with Gasteiger partial charge in [0, 0.05) is 23.8 Å². The van der Waals surface area contributed by atoms with Gasteiger partial charge >= 0.3 is 0 Å². The van der Waals surface area contributed by atoms with Crippen LogP contribution < -0.4 is 5.32 Å². The summed E-state index contributed by atoms with van der Waals surface area (Å²) in [6.07, 6.45) is -0.496. The van der Waals surface area contributed by atoms with Crippen LogP contribution in [0.15, 0.2) is 52.9 Å². The zero-order chi connectivity index (χ0) is 21.5. The number of aliphatic hydroxyl groups excluding tert-OH is 1. The molecule has 6 heteroatoms. The minimum absolute atomic E-state index is 0.171. The van der Waals surface area contributed by atoms with E-state index in [-0.39, 0.29) is 37.4 Å². The Morgan fingerprint density at radius 1 is 1.03 bits per heavy atom. The maximum atomic E-state index is 13.4. The van der Waals surface area contributed by atoms with Crippen molar-refractivity contribution in [3.05, 3.63) is 59.9 Å². The number of hydrogen-bond acceptors (Lipinski definition) is 3. The van der Waals surface area contributed by atoms with Crippen LogP contribution in [0.3, 0.4) is 0 Å². The number of fused-ring (bicyclic) bond motifs is 1. The van der Waals surface area contributed by atoms with E-state index >= 15 is 0 Å². The first-order chi connectivity index (χ1) is 14.1. The van der Waals surface area contributed by atoms with Gasteiger partial charge in [-0.05, 0) is 55.5 Å². The average Bonchev–Trinajstić information content (AvgIpc) is 3.14. The van der Waals surface area contributed by atoms with Gasteiger partial charge in [0.15, 0.2) is 5.76 Å². The Bertz CT molecular complexity index is 1060. The highest BCUT2D eigenvalue weighted by Crippen LogP contribution is 2.38. The molecular formula is C24H25F2NO3. The third kappa shape index (κ3) is 4.24. The SMILES string of the molecule is CC(O)c1ccc(-c2ccc3cc(C(=O)NC4(C)CCC(F)(F)CC4)oc3c2)cc1. The number of furan rings is 1. The average molecular weight is 413 g/mol. The largest absolute Gasteiger partial charge is 0.451 e. The number of amides is 1. The molecule has 3 aromatic rings. The molecule has 4 rings (SSSR count). The van der Waals surface area contributed by atoms with Crippen molar-refractivity contribution in [1.29, 1.82) is 0 Å². The Balaban J connectivity index is 1.53. The van der Waals surface area contributed by atoms with E-state index in [0.29, 0.717) is 5.58 Å². The van der Waals surface area contributed by atoms with Crippen molar-refractivity contribution in [1.82, 2.24) is 5.32 Å². The minimum Gasteiger partial charge on any atom is -0.451 e. The van der Waals surface area contributed by atoms with Gasteiger partial charge in [0.25, 0.3) is 5.91 Å². The Morgan fingerprint density at radius 2 is 1.67 bits per heavy atom. The topological polar surface area (TPSA) is 62.5 Å². The first-order valence-electron chi connectivity index (χ1n) is 10.2. The van der Waals surface area contributed by atoms with Crippen molar-refractivity contribution in [2.24, 2.45) is 0 Å². The number of hydrogen-bond donors (Lipinski definition) is 2. The standard InChI is InChI=1S/C24H25F2NO3/c1-15(28)16-3-5-17(6-4-16)18-7-8-19-14-21(30-20(19)13-18)22(29)27-23(2)9-11-24(25,26)12-10-23/h3-8,13-15,28H,9-12H2,1-2H3,(H,27,29). The molecular weight excluding hydrogens is 388 g/mol. The van der Waals surface area contributed by atoms with E-state index in [4.69, 9.17) is 4.42 Å². The molecule has 2 N–H and O–H groups in total. The molecule has 0 bridgehead atoms. The molecule has 1 aromatic heterocycles. The molecule has 1 atom stereocenters. The van der Waals surface area contributed by atoms with Crippen LogP contribution in [0.4, 0.5) is 8.78 Å². The van der Waals surface area contributed by atoms with Gasteiger partial charge in [-0.2, -0.15) is 0 Å². The number of aliphatic hydroxyl groups is 1. The summed E-state index contributed by atoms with van der Waals surface area (Å²) in [4.78, 5) is 12.7. The molecule has 30 heavy (non-hydrogen) atoms. The molecule has 1 amide bonds. The first-order valence-corrected chi connectivity index (χ1v) is 10.2. The van der Waals surface area contributed by atoms with Gasteiger partial charge in [0.2, 0.25) is 5.92 Å². The fourth-order valence-electron chi connectivity index (χ4n) is 3.90. The Labute approximate surface area is 173 Å². The number of alkyl halides is 2. The summed E-state index contributed by atoms with van der Waals surface area (Å²) >= 11 is 0. The zero-order valence-corrected chi connectivity index (χ0v) is 17.0. The molecule has 4 nitrogen and oxygen atoms in total. The molecule has 1 aliphatic rings. The van der Waals surface area contributed by atoms with Gasteiger partial charge in [-0.25, -0.2) is 8.78 Å². The zero-order valence-electron chi connectivity index (χ0n) is 17.0. The summed E-state index contributed by atoms with van der Waals surface area (Å²) in [6, 6.07) is 15.0. The Morgan fingerprint density at radius 3 is 2.30 bits per heavy atom. The highest BCUT2D eigenvalue weighted by atomic mass is 19.3. The molecule has 0 spiro atoms. The van der Waals surface area contributed by atoms with Gasteiger partial charge in [-0.15, -0.1) is 0 Å². The molecule has 1 unspecified atom stereocenters. The van der Waals surface area contributed by atoms with Gasteiger partial charge in [0.05, 0.1) is 6.10 Å². The van der Waals surface area contributed by atoms with Crippen LogP contribution >= 0.6 is 0 Å². The van der Waals surface area contributed by atoms with Crippen molar-refractivity contribution >= 4 is 16.9 Å². The fraction of sp³-hybridized carbons (Fsp3) is 0.375. The normalized spacial score (nSPS) is 18.8. The summed E-state index contributed by atoms with van der Waals surface area (Å²) in [5.41, 5.74) is 2.67. The molecule has 0 saturated heterocycles. The van der Waals surface area contributed by atoms with Crippen molar-refractivity contribution in [3.8, 4) is 11.1 Å². The van der Waals surface area contributed by atoms with Crippen LogP contribution in [0.25, 0.3) is 22.1 Å². The number of halogens is 2. The summed E-state index contributed by atoms with van der Waals surface area (Å²) < 4.78 is 32.7. The Kier molecular flexibility index (Phi) is 5.14. The highest BCUT2D eigenvalue weighted by Gasteiger charge is 2.41. The monoisotopic (exact) mass is 413 g/mol. The van der Waals surface area contributed by atoms with Crippen LogP contribution in [-0.4, -0.2) is 22.5 Å². The quantitative estimate of drug-likeness (QED) is 0.564. The summed E-state index contributed by atoms with van der Waals surface area (Å²) in [5, 5.41) is 13.3. The fourth-order valence-corrected chi connectivity index (χ4v) is 3.90.